The molecule has 0 aliphatic carbocycles. The maximum Gasteiger partial charge on any atom is 0.323 e. The Hall–Kier alpha value is -1.39. The maximum atomic E-state index is 11.8. The summed E-state index contributed by atoms with van der Waals surface area (Å²) < 4.78 is 10.1. The van der Waals surface area contributed by atoms with E-state index in [1.54, 1.807) is 7.11 Å². The zero-order valence-corrected chi connectivity index (χ0v) is 11.7. The van der Waals surface area contributed by atoms with Crippen LogP contribution >= 0.6 is 0 Å². The second-order valence-electron chi connectivity index (χ2n) is 4.28. The molecule has 0 aromatic heterocycles. The first-order valence-electron chi connectivity index (χ1n) is 6.70. The lowest BCUT2D eigenvalue weighted by molar-refractivity contribution is -0.145. The molecule has 0 aliphatic heterocycles. The predicted molar refractivity (Wildman–Crippen MR) is 75.1 cm³/mol. The summed E-state index contributed by atoms with van der Waals surface area (Å²) in [4.78, 5) is 11.8. The number of carbonyl (C=O) groups excluding carboxylic acids is 1. The van der Waals surface area contributed by atoms with Crippen molar-refractivity contribution in [3.8, 4) is 0 Å². The van der Waals surface area contributed by atoms with Crippen molar-refractivity contribution in [1.29, 1.82) is 0 Å². The molecule has 4 nitrogen and oxygen atoms in total. The standard InChI is InChI=1S/C15H23NO3/c1-3-19-15(17)14(16-11-12-18-2)10-9-13-7-5-4-6-8-13/h4-8,14,16H,3,9-12H2,1-2H3. The lowest BCUT2D eigenvalue weighted by atomic mass is 10.1. The Morgan fingerprint density at radius 3 is 2.68 bits per heavy atom. The topological polar surface area (TPSA) is 47.6 Å². The minimum Gasteiger partial charge on any atom is -0.465 e. The lowest BCUT2D eigenvalue weighted by Gasteiger charge is -2.17. The quantitative estimate of drug-likeness (QED) is 0.546. The van der Waals surface area contributed by atoms with E-state index in [2.05, 4.69) is 17.4 Å². The number of esters is 1. The SMILES string of the molecule is CCOC(=O)C(CCc1ccccc1)NCCOC. The monoisotopic (exact) mass is 265 g/mol. The second-order valence-corrected chi connectivity index (χ2v) is 4.28. The predicted octanol–water partition coefficient (Wildman–Crippen LogP) is 1.79. The van der Waals surface area contributed by atoms with Gasteiger partial charge in [0.15, 0.2) is 0 Å². The van der Waals surface area contributed by atoms with Crippen LogP contribution in [0.4, 0.5) is 0 Å². The van der Waals surface area contributed by atoms with Gasteiger partial charge >= 0.3 is 5.97 Å². The fraction of sp³-hybridized carbons (Fsp3) is 0.533. The Balaban J connectivity index is 2.45. The van der Waals surface area contributed by atoms with E-state index in [-0.39, 0.29) is 12.0 Å². The van der Waals surface area contributed by atoms with Gasteiger partial charge in [-0.3, -0.25) is 4.79 Å². The third kappa shape index (κ3) is 6.36. The Morgan fingerprint density at radius 1 is 1.32 bits per heavy atom. The van der Waals surface area contributed by atoms with E-state index in [1.165, 1.54) is 5.56 Å². The molecule has 4 heteroatoms. The van der Waals surface area contributed by atoms with Crippen LogP contribution in [0.1, 0.15) is 18.9 Å². The largest absolute Gasteiger partial charge is 0.465 e. The van der Waals surface area contributed by atoms with Crippen molar-refractivity contribution < 1.29 is 14.3 Å². The third-order valence-corrected chi connectivity index (χ3v) is 2.83. The molecule has 0 saturated carbocycles. The van der Waals surface area contributed by atoms with Crippen molar-refractivity contribution in [2.75, 3.05) is 26.9 Å². The molecule has 19 heavy (non-hydrogen) atoms. The van der Waals surface area contributed by atoms with Crippen molar-refractivity contribution in [2.45, 2.75) is 25.8 Å². The van der Waals surface area contributed by atoms with Gasteiger partial charge < -0.3 is 14.8 Å². The van der Waals surface area contributed by atoms with Crippen LogP contribution in [0.15, 0.2) is 30.3 Å². The molecule has 0 bridgehead atoms. The number of rotatable bonds is 9. The summed E-state index contributed by atoms with van der Waals surface area (Å²) in [6, 6.07) is 9.87. The zero-order chi connectivity index (χ0) is 13.9. The Labute approximate surface area is 115 Å². The minimum atomic E-state index is -0.268. The molecule has 1 aromatic rings. The van der Waals surface area contributed by atoms with Crippen LogP contribution in [-0.4, -0.2) is 38.9 Å². The number of methoxy groups -OCH3 is 1. The van der Waals surface area contributed by atoms with E-state index in [9.17, 15) is 4.79 Å². The van der Waals surface area contributed by atoms with E-state index in [1.807, 2.05) is 25.1 Å². The molecule has 0 aliphatic rings. The normalized spacial score (nSPS) is 12.1. The van der Waals surface area contributed by atoms with Crippen LogP contribution in [0, 0.1) is 0 Å². The summed E-state index contributed by atoms with van der Waals surface area (Å²) in [5.41, 5.74) is 1.23. The molecule has 0 saturated heterocycles. The van der Waals surface area contributed by atoms with Crippen LogP contribution < -0.4 is 5.32 Å². The number of carbonyl (C=O) groups is 1. The summed E-state index contributed by atoms with van der Waals surface area (Å²) in [6.45, 7) is 3.46. The van der Waals surface area contributed by atoms with Crippen molar-refractivity contribution in [2.24, 2.45) is 0 Å². The number of ether oxygens (including phenoxy) is 2. The lowest BCUT2D eigenvalue weighted by Crippen LogP contribution is -2.40. The van der Waals surface area contributed by atoms with Crippen molar-refractivity contribution in [3.05, 3.63) is 35.9 Å². The number of benzene rings is 1. The zero-order valence-electron chi connectivity index (χ0n) is 11.7. The minimum absolute atomic E-state index is 0.186. The highest BCUT2D eigenvalue weighted by Gasteiger charge is 2.18. The van der Waals surface area contributed by atoms with E-state index in [4.69, 9.17) is 9.47 Å². The van der Waals surface area contributed by atoms with Gasteiger partial charge in [-0.1, -0.05) is 30.3 Å². The Morgan fingerprint density at radius 2 is 2.05 bits per heavy atom. The fourth-order valence-corrected chi connectivity index (χ4v) is 1.84. The summed E-state index contributed by atoms with van der Waals surface area (Å²) >= 11 is 0. The number of nitrogens with one attached hydrogen (secondary N) is 1. The van der Waals surface area contributed by atoms with Gasteiger partial charge in [0, 0.05) is 13.7 Å². The van der Waals surface area contributed by atoms with Gasteiger partial charge in [-0.05, 0) is 25.3 Å². The van der Waals surface area contributed by atoms with E-state index >= 15 is 0 Å². The van der Waals surface area contributed by atoms with Crippen LogP contribution in [-0.2, 0) is 20.7 Å². The van der Waals surface area contributed by atoms with Crippen LogP contribution in [0.3, 0.4) is 0 Å². The molecule has 1 unspecified atom stereocenters. The molecular formula is C15H23NO3. The highest BCUT2D eigenvalue weighted by molar-refractivity contribution is 5.75. The summed E-state index contributed by atoms with van der Waals surface area (Å²) in [6.07, 6.45) is 1.58. The average Bonchev–Trinajstić information content (AvgIpc) is 2.44. The number of hydrogen-bond donors (Lipinski definition) is 1. The van der Waals surface area contributed by atoms with Gasteiger partial charge in [0.25, 0.3) is 0 Å². The van der Waals surface area contributed by atoms with E-state index in [0.29, 0.717) is 19.8 Å². The molecular weight excluding hydrogens is 242 g/mol. The van der Waals surface area contributed by atoms with Gasteiger partial charge in [-0.15, -0.1) is 0 Å². The Kier molecular flexibility index (Phi) is 7.86. The summed E-state index contributed by atoms with van der Waals surface area (Å²) in [5, 5.41) is 3.18. The highest BCUT2D eigenvalue weighted by Crippen LogP contribution is 2.06. The van der Waals surface area contributed by atoms with E-state index < -0.39 is 0 Å². The smallest absolute Gasteiger partial charge is 0.323 e. The van der Waals surface area contributed by atoms with Crippen LogP contribution in [0.2, 0.25) is 0 Å². The molecule has 1 atom stereocenters. The first-order chi connectivity index (χ1) is 9.27. The van der Waals surface area contributed by atoms with Crippen molar-refractivity contribution >= 4 is 5.97 Å². The molecule has 0 amide bonds. The van der Waals surface area contributed by atoms with Gasteiger partial charge in [0.05, 0.1) is 13.2 Å². The molecule has 1 rings (SSSR count). The molecule has 0 fully saturated rings. The first-order valence-corrected chi connectivity index (χ1v) is 6.70. The number of hydrogen-bond acceptors (Lipinski definition) is 4. The second kappa shape index (κ2) is 9.53. The molecule has 0 heterocycles. The average molecular weight is 265 g/mol. The maximum absolute atomic E-state index is 11.8. The summed E-state index contributed by atoms with van der Waals surface area (Å²) in [7, 11) is 1.64. The highest BCUT2D eigenvalue weighted by atomic mass is 16.5. The van der Waals surface area contributed by atoms with E-state index in [0.717, 1.165) is 12.8 Å². The number of aryl methyl sites for hydroxylation is 1. The molecule has 106 valence electrons. The van der Waals surface area contributed by atoms with Gasteiger partial charge in [-0.25, -0.2) is 0 Å². The van der Waals surface area contributed by atoms with Crippen LogP contribution in [0.25, 0.3) is 0 Å². The molecule has 1 N–H and O–H groups in total. The van der Waals surface area contributed by atoms with Gasteiger partial charge in [0.1, 0.15) is 6.04 Å². The molecule has 0 spiro atoms. The third-order valence-electron chi connectivity index (χ3n) is 2.83. The molecule has 0 radical (unpaired) electrons. The van der Waals surface area contributed by atoms with Gasteiger partial charge in [-0.2, -0.15) is 0 Å². The van der Waals surface area contributed by atoms with Gasteiger partial charge in [0.2, 0.25) is 0 Å². The van der Waals surface area contributed by atoms with Crippen LogP contribution in [0.5, 0.6) is 0 Å². The fourth-order valence-electron chi connectivity index (χ4n) is 1.84. The van der Waals surface area contributed by atoms with Crippen molar-refractivity contribution in [1.82, 2.24) is 5.32 Å². The van der Waals surface area contributed by atoms with Crippen molar-refractivity contribution in [3.63, 3.8) is 0 Å². The summed E-state index contributed by atoms with van der Waals surface area (Å²) in [5.74, 6) is -0.186. The Bertz CT molecular complexity index is 354. The first kappa shape index (κ1) is 15.7. The molecule has 1 aromatic carbocycles.